The third-order valence-electron chi connectivity index (χ3n) is 3.69. The molecule has 1 aliphatic rings. The van der Waals surface area contributed by atoms with Crippen LogP contribution in [0.3, 0.4) is 0 Å². The summed E-state index contributed by atoms with van der Waals surface area (Å²) in [4.78, 5) is 0. The molecule has 0 radical (unpaired) electrons. The van der Waals surface area contributed by atoms with Crippen LogP contribution < -0.4 is 5.32 Å². The van der Waals surface area contributed by atoms with Crippen LogP contribution in [-0.4, -0.2) is 27.4 Å². The topological polar surface area (TPSA) is 42.7 Å². The number of aryl methyl sites for hydroxylation is 1. The predicted molar refractivity (Wildman–Crippen MR) is 59.5 cm³/mol. The highest BCUT2D eigenvalue weighted by molar-refractivity contribution is 4.97. The molecule has 4 heteroatoms. The van der Waals surface area contributed by atoms with E-state index in [9.17, 15) is 0 Å². The van der Waals surface area contributed by atoms with E-state index >= 15 is 0 Å². The molecule has 0 saturated heterocycles. The van der Waals surface area contributed by atoms with E-state index in [-0.39, 0.29) is 0 Å². The Morgan fingerprint density at radius 2 is 2.33 bits per heavy atom. The van der Waals surface area contributed by atoms with Gasteiger partial charge >= 0.3 is 0 Å². The van der Waals surface area contributed by atoms with Crippen LogP contribution in [0, 0.1) is 5.41 Å². The van der Waals surface area contributed by atoms with Crippen molar-refractivity contribution >= 4 is 0 Å². The van der Waals surface area contributed by atoms with Gasteiger partial charge in [-0.1, -0.05) is 6.92 Å². The smallest absolute Gasteiger partial charge is 0.133 e. The van der Waals surface area contributed by atoms with E-state index in [1.54, 1.807) is 6.33 Å². The van der Waals surface area contributed by atoms with Crippen LogP contribution in [0.15, 0.2) is 6.33 Å². The molecule has 0 aromatic carbocycles. The van der Waals surface area contributed by atoms with Crippen molar-refractivity contribution in [3.05, 3.63) is 12.2 Å². The highest BCUT2D eigenvalue weighted by Crippen LogP contribution is 2.47. The second-order valence-electron chi connectivity index (χ2n) is 4.94. The maximum absolute atomic E-state index is 4.06. The van der Waals surface area contributed by atoms with Crippen molar-refractivity contribution in [3.8, 4) is 0 Å². The second-order valence-corrected chi connectivity index (χ2v) is 4.94. The lowest BCUT2D eigenvalue weighted by Crippen LogP contribution is -2.35. The number of rotatable bonds is 5. The minimum atomic E-state index is 0.555. The van der Waals surface area contributed by atoms with Gasteiger partial charge in [-0.15, -0.1) is 10.2 Å². The molecule has 1 unspecified atom stereocenters. The first-order valence-corrected chi connectivity index (χ1v) is 5.68. The number of nitrogens with zero attached hydrogens (tertiary/aromatic N) is 3. The molecule has 1 N–H and O–H groups in total. The normalized spacial score (nSPS) is 20.2. The van der Waals surface area contributed by atoms with E-state index in [2.05, 4.69) is 29.4 Å². The first kappa shape index (κ1) is 10.6. The third kappa shape index (κ3) is 2.37. The van der Waals surface area contributed by atoms with Gasteiger partial charge in [-0.2, -0.15) is 0 Å². The molecule has 0 spiro atoms. The van der Waals surface area contributed by atoms with Gasteiger partial charge in [0.25, 0.3) is 0 Å². The summed E-state index contributed by atoms with van der Waals surface area (Å²) in [6, 6.07) is 0.616. The van der Waals surface area contributed by atoms with E-state index in [4.69, 9.17) is 0 Å². The summed E-state index contributed by atoms with van der Waals surface area (Å²) in [5, 5.41) is 11.5. The Morgan fingerprint density at radius 1 is 1.60 bits per heavy atom. The van der Waals surface area contributed by atoms with E-state index in [1.807, 2.05) is 11.6 Å². The molecule has 2 rings (SSSR count). The lowest BCUT2D eigenvalue weighted by atomic mass is 10.0. The van der Waals surface area contributed by atoms with Crippen molar-refractivity contribution in [3.63, 3.8) is 0 Å². The molecule has 1 heterocycles. The van der Waals surface area contributed by atoms with Gasteiger partial charge in [-0.3, -0.25) is 0 Å². The summed E-state index contributed by atoms with van der Waals surface area (Å²) in [6.07, 6.45) is 5.44. The maximum atomic E-state index is 4.06. The number of hydrogen-bond acceptors (Lipinski definition) is 3. The summed E-state index contributed by atoms with van der Waals surface area (Å²) in [6.45, 7) is 5.62. The lowest BCUT2D eigenvalue weighted by Gasteiger charge is -2.20. The number of nitrogens with one attached hydrogen (secondary N) is 1. The van der Waals surface area contributed by atoms with Gasteiger partial charge in [0.05, 0.1) is 0 Å². The summed E-state index contributed by atoms with van der Waals surface area (Å²) >= 11 is 0. The summed E-state index contributed by atoms with van der Waals surface area (Å²) in [5.41, 5.74) is 0.555. The fourth-order valence-electron chi connectivity index (χ4n) is 1.81. The van der Waals surface area contributed by atoms with Crippen LogP contribution in [0.1, 0.15) is 32.5 Å². The van der Waals surface area contributed by atoms with Crippen LogP contribution in [-0.2, 0) is 13.5 Å². The predicted octanol–water partition coefficient (Wildman–Crippen LogP) is 1.14. The molecule has 15 heavy (non-hydrogen) atoms. The van der Waals surface area contributed by atoms with Gasteiger partial charge in [-0.05, 0) is 25.2 Å². The summed E-state index contributed by atoms with van der Waals surface area (Å²) < 4.78 is 1.98. The maximum Gasteiger partial charge on any atom is 0.133 e. The molecule has 1 saturated carbocycles. The van der Waals surface area contributed by atoms with E-state index in [0.717, 1.165) is 18.8 Å². The Labute approximate surface area is 91.1 Å². The highest BCUT2D eigenvalue weighted by Gasteiger charge is 2.41. The average Bonchev–Trinajstić information content (AvgIpc) is 2.83. The van der Waals surface area contributed by atoms with Crippen molar-refractivity contribution in [2.75, 3.05) is 6.54 Å². The molecular weight excluding hydrogens is 188 g/mol. The van der Waals surface area contributed by atoms with Crippen molar-refractivity contribution in [2.24, 2.45) is 12.5 Å². The molecule has 1 atom stereocenters. The molecule has 0 amide bonds. The molecule has 84 valence electrons. The fraction of sp³-hybridized carbons (Fsp3) is 0.818. The second kappa shape index (κ2) is 3.93. The molecule has 0 bridgehead atoms. The molecule has 1 aromatic heterocycles. The van der Waals surface area contributed by atoms with E-state index in [0.29, 0.717) is 11.5 Å². The zero-order chi connectivity index (χ0) is 10.9. The van der Waals surface area contributed by atoms with E-state index in [1.165, 1.54) is 12.8 Å². The molecule has 0 aliphatic heterocycles. The Hall–Kier alpha value is -0.900. The molecule has 1 aliphatic carbocycles. The van der Waals surface area contributed by atoms with Crippen molar-refractivity contribution < 1.29 is 0 Å². The van der Waals surface area contributed by atoms with Crippen molar-refractivity contribution in [2.45, 2.75) is 39.2 Å². The molecule has 1 aromatic rings. The zero-order valence-corrected chi connectivity index (χ0v) is 9.82. The van der Waals surface area contributed by atoms with E-state index < -0.39 is 0 Å². The third-order valence-corrected chi connectivity index (χ3v) is 3.69. The van der Waals surface area contributed by atoms with Crippen LogP contribution in [0.5, 0.6) is 0 Å². The Kier molecular flexibility index (Phi) is 2.78. The van der Waals surface area contributed by atoms with Gasteiger partial charge < -0.3 is 9.88 Å². The minimum absolute atomic E-state index is 0.555. The van der Waals surface area contributed by atoms with Gasteiger partial charge in [0, 0.05) is 26.1 Å². The number of hydrogen-bond donors (Lipinski definition) is 1. The van der Waals surface area contributed by atoms with Crippen LogP contribution in [0.2, 0.25) is 0 Å². The molecular formula is C11H20N4. The van der Waals surface area contributed by atoms with Gasteiger partial charge in [0.2, 0.25) is 0 Å². The molecule has 1 fully saturated rings. The zero-order valence-electron chi connectivity index (χ0n) is 9.82. The Morgan fingerprint density at radius 3 is 2.87 bits per heavy atom. The van der Waals surface area contributed by atoms with Crippen molar-refractivity contribution in [1.82, 2.24) is 20.1 Å². The SMILES string of the molecule is CC(NCCc1nncn1C)C1(C)CC1. The standard InChI is InChI=1S/C11H20N4/c1-9(11(2)5-6-11)12-7-4-10-14-13-8-15(10)3/h8-9,12H,4-7H2,1-3H3. The van der Waals surface area contributed by atoms with Gasteiger partial charge in [0.15, 0.2) is 0 Å². The van der Waals surface area contributed by atoms with Crippen LogP contribution in [0.4, 0.5) is 0 Å². The quantitative estimate of drug-likeness (QED) is 0.789. The van der Waals surface area contributed by atoms with Crippen LogP contribution >= 0.6 is 0 Å². The minimum Gasteiger partial charge on any atom is -0.321 e. The van der Waals surface area contributed by atoms with Gasteiger partial charge in [-0.25, -0.2) is 0 Å². The first-order chi connectivity index (χ1) is 7.12. The average molecular weight is 208 g/mol. The van der Waals surface area contributed by atoms with Crippen molar-refractivity contribution in [1.29, 1.82) is 0 Å². The van der Waals surface area contributed by atoms with Crippen LogP contribution in [0.25, 0.3) is 0 Å². The Bertz CT molecular complexity index is 327. The largest absolute Gasteiger partial charge is 0.321 e. The Balaban J connectivity index is 1.73. The first-order valence-electron chi connectivity index (χ1n) is 5.68. The highest BCUT2D eigenvalue weighted by atomic mass is 15.2. The molecule has 4 nitrogen and oxygen atoms in total. The monoisotopic (exact) mass is 208 g/mol. The summed E-state index contributed by atoms with van der Waals surface area (Å²) in [5.74, 6) is 1.05. The number of aromatic nitrogens is 3. The fourth-order valence-corrected chi connectivity index (χ4v) is 1.81. The lowest BCUT2D eigenvalue weighted by molar-refractivity contribution is 0.382. The summed E-state index contributed by atoms with van der Waals surface area (Å²) in [7, 11) is 1.99. The van der Waals surface area contributed by atoms with Gasteiger partial charge in [0.1, 0.15) is 12.2 Å².